The molecule has 0 unspecified atom stereocenters. The van der Waals surface area contributed by atoms with Crippen LogP contribution in [0.1, 0.15) is 0 Å². The van der Waals surface area contributed by atoms with Crippen LogP contribution >= 0.6 is 0 Å². The number of nitrogens with zero attached hydrogens (tertiary/aromatic N) is 2. The van der Waals surface area contributed by atoms with E-state index in [4.69, 9.17) is 4.98 Å². The van der Waals surface area contributed by atoms with E-state index in [2.05, 4.69) is 211 Å². The number of pyridine rings is 2. The molecule has 2 aromatic heterocycles. The topological polar surface area (TPSA) is 25.8 Å². The highest BCUT2D eigenvalue weighted by atomic mass is 14.7. The van der Waals surface area contributed by atoms with Crippen LogP contribution in [-0.4, -0.2) is 9.97 Å². The van der Waals surface area contributed by atoms with Crippen molar-refractivity contribution in [2.24, 2.45) is 0 Å². The van der Waals surface area contributed by atoms with Gasteiger partial charge in [0.15, 0.2) is 0 Å². The first-order chi connectivity index (χ1) is 30.8. The molecule has 12 aromatic rings. The van der Waals surface area contributed by atoms with Crippen LogP contribution in [0.3, 0.4) is 0 Å². The van der Waals surface area contributed by atoms with E-state index < -0.39 is 0 Å². The Balaban J connectivity index is 0.971. The third-order valence-corrected chi connectivity index (χ3v) is 13.1. The Kier molecular flexibility index (Phi) is 7.64. The molecule has 286 valence electrons. The van der Waals surface area contributed by atoms with Gasteiger partial charge in [-0.25, -0.2) is 4.98 Å². The van der Waals surface area contributed by atoms with E-state index in [0.29, 0.717) is 0 Å². The minimum absolute atomic E-state index is 0.930. The zero-order valence-electron chi connectivity index (χ0n) is 33.7. The molecule has 1 aliphatic rings. The number of benzene rings is 10. The summed E-state index contributed by atoms with van der Waals surface area (Å²) in [5.41, 5.74) is 19.0. The molecular formula is C60H36N2. The van der Waals surface area contributed by atoms with Gasteiger partial charge in [0, 0.05) is 22.5 Å². The van der Waals surface area contributed by atoms with Crippen LogP contribution in [0, 0.1) is 0 Å². The SMILES string of the molecule is c1ccc(-c2c3c(c(-c4ccccc4)c4ccccc24)-c2ccc(-c4ccc(-c5ccc(-c6ccc7ccc8cccnc8c7n6)cc5)c5ccccc45)c4cccc-3c24)cc1. The third kappa shape index (κ3) is 5.17. The summed E-state index contributed by atoms with van der Waals surface area (Å²) in [6.45, 7) is 0. The standard InChI is InChI=1S/C60H36N2/c1-3-13-39(14-4-1)54-49-20-9-10-21-50(49)55(40-15-5-2-6-16-40)58-52-34-33-47(48-22-11-23-51(56(48)52)57(54)58)46-32-31-43(44-18-7-8-19-45(44)46)37-24-26-38(27-25-37)53-35-30-42-29-28-41-17-12-36-61-59(41)60(42)62-53/h1-36H. The highest BCUT2D eigenvalue weighted by Crippen LogP contribution is 2.58. The maximum atomic E-state index is 5.12. The van der Waals surface area contributed by atoms with Crippen molar-refractivity contribution in [2.75, 3.05) is 0 Å². The van der Waals surface area contributed by atoms with Gasteiger partial charge >= 0.3 is 0 Å². The highest BCUT2D eigenvalue weighted by Gasteiger charge is 2.31. The van der Waals surface area contributed by atoms with Crippen molar-refractivity contribution in [2.45, 2.75) is 0 Å². The molecule has 13 rings (SSSR count). The molecule has 0 atom stereocenters. The normalized spacial score (nSPS) is 11.9. The first-order valence-corrected chi connectivity index (χ1v) is 21.3. The number of rotatable bonds is 5. The van der Waals surface area contributed by atoms with Gasteiger partial charge in [-0.15, -0.1) is 0 Å². The lowest BCUT2D eigenvalue weighted by atomic mass is 9.82. The average Bonchev–Trinajstić information content (AvgIpc) is 3.68. The lowest BCUT2D eigenvalue weighted by molar-refractivity contribution is 1.37. The quantitative estimate of drug-likeness (QED) is 0.162. The van der Waals surface area contributed by atoms with Crippen LogP contribution in [0.25, 0.3) is 132 Å². The van der Waals surface area contributed by atoms with Crippen molar-refractivity contribution in [3.05, 3.63) is 219 Å². The Labute approximate surface area is 359 Å². The zero-order chi connectivity index (χ0) is 40.7. The van der Waals surface area contributed by atoms with Crippen molar-refractivity contribution in [3.8, 4) is 78.0 Å². The maximum Gasteiger partial charge on any atom is 0.0972 e. The average molecular weight is 785 g/mol. The lowest BCUT2D eigenvalue weighted by Crippen LogP contribution is -1.93. The second kappa shape index (κ2) is 13.7. The monoisotopic (exact) mass is 784 g/mol. The minimum atomic E-state index is 0.930. The summed E-state index contributed by atoms with van der Waals surface area (Å²) in [5, 5.41) is 9.80. The second-order valence-corrected chi connectivity index (χ2v) is 16.4. The maximum absolute atomic E-state index is 5.12. The van der Waals surface area contributed by atoms with Crippen LogP contribution in [0.5, 0.6) is 0 Å². The van der Waals surface area contributed by atoms with E-state index in [-0.39, 0.29) is 0 Å². The molecule has 10 aromatic carbocycles. The predicted molar refractivity (Wildman–Crippen MR) is 261 cm³/mol. The molecule has 0 N–H and O–H groups in total. The van der Waals surface area contributed by atoms with Gasteiger partial charge in [-0.1, -0.05) is 200 Å². The highest BCUT2D eigenvalue weighted by molar-refractivity contribution is 6.29. The van der Waals surface area contributed by atoms with Gasteiger partial charge in [-0.3, -0.25) is 4.98 Å². The summed E-state index contributed by atoms with van der Waals surface area (Å²) < 4.78 is 0. The van der Waals surface area contributed by atoms with Crippen LogP contribution in [0.4, 0.5) is 0 Å². The van der Waals surface area contributed by atoms with Gasteiger partial charge in [-0.05, 0) is 111 Å². The number of hydrogen-bond donors (Lipinski definition) is 0. The van der Waals surface area contributed by atoms with Crippen molar-refractivity contribution in [3.63, 3.8) is 0 Å². The Morgan fingerprint density at radius 3 is 1.44 bits per heavy atom. The van der Waals surface area contributed by atoms with Gasteiger partial charge in [0.2, 0.25) is 0 Å². The van der Waals surface area contributed by atoms with Gasteiger partial charge in [0.1, 0.15) is 0 Å². The Bertz CT molecular complexity index is 3680. The molecule has 0 bridgehead atoms. The molecule has 2 heterocycles. The number of fused-ring (bicyclic) bond motifs is 8. The molecular weight excluding hydrogens is 749 g/mol. The smallest absolute Gasteiger partial charge is 0.0972 e. The van der Waals surface area contributed by atoms with Crippen LogP contribution in [0.15, 0.2) is 219 Å². The van der Waals surface area contributed by atoms with Gasteiger partial charge in [0.05, 0.1) is 16.7 Å². The van der Waals surface area contributed by atoms with Gasteiger partial charge < -0.3 is 0 Å². The van der Waals surface area contributed by atoms with Gasteiger partial charge in [-0.2, -0.15) is 0 Å². The lowest BCUT2D eigenvalue weighted by Gasteiger charge is -2.20. The molecule has 0 amide bonds. The third-order valence-electron chi connectivity index (χ3n) is 13.1. The fraction of sp³-hybridized carbons (Fsp3) is 0. The minimum Gasteiger partial charge on any atom is -0.254 e. The number of aromatic nitrogens is 2. The molecule has 2 nitrogen and oxygen atoms in total. The Morgan fingerprint density at radius 1 is 0.258 bits per heavy atom. The molecule has 0 aliphatic heterocycles. The molecule has 0 spiro atoms. The van der Waals surface area contributed by atoms with Crippen LogP contribution < -0.4 is 0 Å². The summed E-state index contributed by atoms with van der Waals surface area (Å²) in [6.07, 6.45) is 1.84. The summed E-state index contributed by atoms with van der Waals surface area (Å²) in [6, 6.07) is 77.5. The van der Waals surface area contributed by atoms with E-state index in [0.717, 1.165) is 33.1 Å². The largest absolute Gasteiger partial charge is 0.254 e. The molecule has 0 radical (unpaired) electrons. The van der Waals surface area contributed by atoms with E-state index in [9.17, 15) is 0 Å². The zero-order valence-corrected chi connectivity index (χ0v) is 33.7. The Morgan fingerprint density at radius 2 is 0.758 bits per heavy atom. The van der Waals surface area contributed by atoms with E-state index in [1.165, 1.54) is 99.1 Å². The molecule has 0 saturated carbocycles. The molecule has 2 heteroatoms. The van der Waals surface area contributed by atoms with Crippen molar-refractivity contribution in [1.29, 1.82) is 0 Å². The van der Waals surface area contributed by atoms with Crippen molar-refractivity contribution < 1.29 is 0 Å². The second-order valence-electron chi connectivity index (χ2n) is 16.4. The summed E-state index contributed by atoms with van der Waals surface area (Å²) in [5.74, 6) is 0. The van der Waals surface area contributed by atoms with Crippen LogP contribution in [-0.2, 0) is 0 Å². The summed E-state index contributed by atoms with van der Waals surface area (Å²) in [4.78, 5) is 9.79. The first-order valence-electron chi connectivity index (χ1n) is 21.3. The van der Waals surface area contributed by atoms with Crippen molar-refractivity contribution >= 4 is 54.1 Å². The molecule has 1 aliphatic carbocycles. The predicted octanol–water partition coefficient (Wildman–Crippen LogP) is 16.2. The van der Waals surface area contributed by atoms with Crippen molar-refractivity contribution in [1.82, 2.24) is 9.97 Å². The fourth-order valence-corrected chi connectivity index (χ4v) is 10.3. The Hall–Kier alpha value is -8.20. The van der Waals surface area contributed by atoms with E-state index >= 15 is 0 Å². The van der Waals surface area contributed by atoms with Gasteiger partial charge in [0.25, 0.3) is 0 Å². The molecule has 62 heavy (non-hydrogen) atoms. The molecule has 0 saturated heterocycles. The first kappa shape index (κ1) is 34.6. The fourth-order valence-electron chi connectivity index (χ4n) is 10.3. The summed E-state index contributed by atoms with van der Waals surface area (Å²) >= 11 is 0. The summed E-state index contributed by atoms with van der Waals surface area (Å²) in [7, 11) is 0. The van der Waals surface area contributed by atoms with E-state index in [1.54, 1.807) is 0 Å². The van der Waals surface area contributed by atoms with E-state index in [1.807, 2.05) is 12.3 Å². The number of hydrogen-bond acceptors (Lipinski definition) is 2. The van der Waals surface area contributed by atoms with Crippen LogP contribution in [0.2, 0.25) is 0 Å². The molecule has 0 fully saturated rings.